The van der Waals surface area contributed by atoms with Gasteiger partial charge >= 0.3 is 0 Å². The van der Waals surface area contributed by atoms with Crippen molar-refractivity contribution >= 4 is 49.8 Å². The van der Waals surface area contributed by atoms with Crippen molar-refractivity contribution in [2.75, 3.05) is 4.90 Å². The van der Waals surface area contributed by atoms with Gasteiger partial charge in [-0.05, 0) is 85.6 Å². The van der Waals surface area contributed by atoms with Crippen molar-refractivity contribution in [2.45, 2.75) is 19.3 Å². The maximum atomic E-state index is 7.25. The summed E-state index contributed by atoms with van der Waals surface area (Å²) in [6, 6.07) is 72.4. The molecule has 0 bridgehead atoms. The molecule has 0 atom stereocenters. The first kappa shape index (κ1) is 33.2. The van der Waals surface area contributed by atoms with Gasteiger partial charge in [0.2, 0.25) is 0 Å². The summed E-state index contributed by atoms with van der Waals surface area (Å²) in [6.45, 7) is 4.70. The number of hydrogen-bond donors (Lipinski definition) is 0. The Morgan fingerprint density at radius 3 is 1.79 bits per heavy atom. The molecule has 0 unspecified atom stereocenters. The number of furan rings is 1. The molecule has 1 aliphatic carbocycles. The van der Waals surface area contributed by atoms with Gasteiger partial charge in [0.05, 0.1) is 11.4 Å². The molecule has 2 nitrogen and oxygen atoms in total. The van der Waals surface area contributed by atoms with Crippen LogP contribution in [0.1, 0.15) is 25.0 Å². The van der Waals surface area contributed by atoms with Crippen LogP contribution in [-0.4, -0.2) is 0 Å². The first-order chi connectivity index (χ1) is 28.0. The lowest BCUT2D eigenvalue weighted by Gasteiger charge is -2.29. The Morgan fingerprint density at radius 2 is 0.982 bits per heavy atom. The van der Waals surface area contributed by atoms with Crippen molar-refractivity contribution in [3.8, 4) is 44.5 Å². The summed E-state index contributed by atoms with van der Waals surface area (Å²) in [5.41, 5.74) is 17.0. The molecule has 1 aromatic heterocycles. The molecule has 2 heteroatoms. The van der Waals surface area contributed by atoms with E-state index in [-0.39, 0.29) is 5.41 Å². The molecular weight excluding hydrogens is 691 g/mol. The molecule has 270 valence electrons. The smallest absolute Gasteiger partial charge is 0.159 e. The molecular formula is C55H39NO. The number of fused-ring (bicyclic) bond motifs is 7. The van der Waals surface area contributed by atoms with E-state index in [1.165, 1.54) is 44.2 Å². The summed E-state index contributed by atoms with van der Waals surface area (Å²) in [7, 11) is 0. The lowest BCUT2D eigenvalue weighted by Crippen LogP contribution is -2.17. The number of hydrogen-bond acceptors (Lipinski definition) is 2. The molecule has 0 saturated carbocycles. The molecule has 0 N–H and O–H groups in total. The van der Waals surface area contributed by atoms with E-state index in [1.54, 1.807) is 0 Å². The summed E-state index contributed by atoms with van der Waals surface area (Å²) in [5, 5.41) is 4.57. The molecule has 57 heavy (non-hydrogen) atoms. The average molecular weight is 730 g/mol. The third-order valence-corrected chi connectivity index (χ3v) is 12.1. The number of benzene rings is 9. The van der Waals surface area contributed by atoms with E-state index in [9.17, 15) is 0 Å². The summed E-state index contributed by atoms with van der Waals surface area (Å²) in [4.78, 5) is 2.42. The van der Waals surface area contributed by atoms with Gasteiger partial charge in [-0.1, -0.05) is 184 Å². The lowest BCUT2D eigenvalue weighted by atomic mass is 9.82. The Bertz CT molecular complexity index is 3140. The average Bonchev–Trinajstić information content (AvgIpc) is 3.75. The van der Waals surface area contributed by atoms with Crippen molar-refractivity contribution < 1.29 is 4.42 Å². The first-order valence-electron chi connectivity index (χ1n) is 19.8. The summed E-state index contributed by atoms with van der Waals surface area (Å²) in [5.74, 6) is 0. The van der Waals surface area contributed by atoms with E-state index < -0.39 is 0 Å². The number of nitrogens with zero attached hydrogens (tertiary/aromatic N) is 1. The fraction of sp³-hybridized carbons (Fsp3) is 0.0545. The molecule has 0 fully saturated rings. The third-order valence-electron chi connectivity index (χ3n) is 12.1. The molecule has 10 aromatic rings. The van der Waals surface area contributed by atoms with E-state index in [0.717, 1.165) is 61.3 Å². The maximum absolute atomic E-state index is 7.25. The van der Waals surface area contributed by atoms with Crippen molar-refractivity contribution in [3.05, 3.63) is 211 Å². The Kier molecular flexibility index (Phi) is 7.55. The largest absolute Gasteiger partial charge is 0.453 e. The van der Waals surface area contributed by atoms with Crippen LogP contribution >= 0.6 is 0 Å². The van der Waals surface area contributed by atoms with Crippen molar-refractivity contribution in [3.63, 3.8) is 0 Å². The van der Waals surface area contributed by atoms with Gasteiger partial charge in [-0.25, -0.2) is 0 Å². The maximum Gasteiger partial charge on any atom is 0.159 e. The number of para-hydroxylation sites is 2. The molecule has 0 saturated heterocycles. The van der Waals surface area contributed by atoms with Crippen LogP contribution in [0.4, 0.5) is 17.1 Å². The van der Waals surface area contributed by atoms with Crippen LogP contribution in [0.3, 0.4) is 0 Å². The van der Waals surface area contributed by atoms with Crippen molar-refractivity contribution in [2.24, 2.45) is 0 Å². The Hall–Kier alpha value is -7.16. The Morgan fingerprint density at radius 1 is 0.386 bits per heavy atom. The first-order valence-corrected chi connectivity index (χ1v) is 19.8. The zero-order valence-electron chi connectivity index (χ0n) is 31.9. The number of rotatable bonds is 6. The minimum absolute atomic E-state index is 0.156. The molecule has 0 radical (unpaired) electrons. The second kappa shape index (κ2) is 13.0. The third kappa shape index (κ3) is 5.25. The quantitative estimate of drug-likeness (QED) is 0.169. The standard InChI is InChI=1S/C55H39NO/c1-55(2)48-25-13-11-23-44(48)45-33-32-41(35-49(45)55)56(50-26-14-12-21-42(50)38-30-28-37(29-31-38)36-16-5-3-6-17-36)51-27-15-24-46-47-34-40-20-9-10-22-43(40)52(54(47)57-53(46)51)39-18-7-4-8-19-39/h3-35H,1-2H3. The summed E-state index contributed by atoms with van der Waals surface area (Å²) >= 11 is 0. The molecule has 0 aliphatic heterocycles. The van der Waals surface area contributed by atoms with Gasteiger partial charge in [-0.3, -0.25) is 0 Å². The Labute approximate surface area is 332 Å². The van der Waals surface area contributed by atoms with E-state index in [0.29, 0.717) is 0 Å². The fourth-order valence-electron chi connectivity index (χ4n) is 9.27. The number of anilines is 3. The van der Waals surface area contributed by atoms with Crippen LogP contribution in [0.25, 0.3) is 77.2 Å². The van der Waals surface area contributed by atoms with E-state index >= 15 is 0 Å². The van der Waals surface area contributed by atoms with Crippen LogP contribution in [0.15, 0.2) is 205 Å². The lowest BCUT2D eigenvalue weighted by molar-refractivity contribution is 0.660. The SMILES string of the molecule is CC1(C)c2ccccc2-c2ccc(N(c3ccccc3-c3ccc(-c4ccccc4)cc3)c3cccc4c3oc3c(-c5ccccc5)c5ccccc5cc34)cc21. The van der Waals surface area contributed by atoms with E-state index in [4.69, 9.17) is 4.42 Å². The summed E-state index contributed by atoms with van der Waals surface area (Å²) < 4.78 is 7.25. The second-order valence-electron chi connectivity index (χ2n) is 15.7. The predicted octanol–water partition coefficient (Wildman–Crippen LogP) is 15.5. The van der Waals surface area contributed by atoms with Gasteiger partial charge < -0.3 is 9.32 Å². The minimum atomic E-state index is -0.156. The van der Waals surface area contributed by atoms with Gasteiger partial charge in [0.1, 0.15) is 5.58 Å². The molecule has 0 amide bonds. The zero-order valence-corrected chi connectivity index (χ0v) is 31.9. The molecule has 1 heterocycles. The van der Waals surface area contributed by atoms with Crippen LogP contribution in [0.5, 0.6) is 0 Å². The molecule has 1 aliphatic rings. The topological polar surface area (TPSA) is 16.4 Å². The van der Waals surface area contributed by atoms with Gasteiger partial charge in [-0.15, -0.1) is 0 Å². The van der Waals surface area contributed by atoms with Crippen LogP contribution < -0.4 is 4.90 Å². The van der Waals surface area contributed by atoms with Crippen LogP contribution in [0, 0.1) is 0 Å². The zero-order chi connectivity index (χ0) is 38.1. The highest BCUT2D eigenvalue weighted by atomic mass is 16.3. The normalized spacial score (nSPS) is 12.9. The van der Waals surface area contributed by atoms with Gasteiger partial charge in [0.15, 0.2) is 5.58 Å². The molecule has 11 rings (SSSR count). The van der Waals surface area contributed by atoms with Crippen LogP contribution in [-0.2, 0) is 5.41 Å². The fourth-order valence-corrected chi connectivity index (χ4v) is 9.27. The van der Waals surface area contributed by atoms with Crippen LogP contribution in [0.2, 0.25) is 0 Å². The Balaban J connectivity index is 1.17. The monoisotopic (exact) mass is 729 g/mol. The van der Waals surface area contributed by atoms with Gasteiger partial charge in [0.25, 0.3) is 0 Å². The molecule has 9 aromatic carbocycles. The van der Waals surface area contributed by atoms with E-state index in [2.05, 4.69) is 219 Å². The highest BCUT2D eigenvalue weighted by molar-refractivity contribution is 6.20. The highest BCUT2D eigenvalue weighted by Gasteiger charge is 2.36. The van der Waals surface area contributed by atoms with Crippen molar-refractivity contribution in [1.82, 2.24) is 0 Å². The molecule has 0 spiro atoms. The predicted molar refractivity (Wildman–Crippen MR) is 240 cm³/mol. The highest BCUT2D eigenvalue weighted by Crippen LogP contribution is 2.52. The minimum Gasteiger partial charge on any atom is -0.453 e. The van der Waals surface area contributed by atoms with Gasteiger partial charge in [-0.2, -0.15) is 0 Å². The van der Waals surface area contributed by atoms with Gasteiger partial charge in [0, 0.05) is 33.0 Å². The second-order valence-corrected chi connectivity index (χ2v) is 15.7. The van der Waals surface area contributed by atoms with Crippen molar-refractivity contribution in [1.29, 1.82) is 0 Å². The van der Waals surface area contributed by atoms with E-state index in [1.807, 2.05) is 0 Å². The summed E-state index contributed by atoms with van der Waals surface area (Å²) in [6.07, 6.45) is 0.